The summed E-state index contributed by atoms with van der Waals surface area (Å²) in [6.07, 6.45) is 0. The minimum absolute atomic E-state index is 0.113. The first-order chi connectivity index (χ1) is 14.8. The highest BCUT2D eigenvalue weighted by atomic mass is 16.2. The molecule has 10 nitrogen and oxygen atoms in total. The molecule has 2 aromatic heterocycles. The van der Waals surface area contributed by atoms with Gasteiger partial charge in [-0.25, -0.2) is 4.79 Å². The molecule has 1 amide bonds. The molecule has 4 rings (SSSR count). The van der Waals surface area contributed by atoms with E-state index in [0.29, 0.717) is 36.7 Å². The smallest absolute Gasteiger partial charge is 0.332 e. The average molecular weight is 425 g/mol. The third-order valence-electron chi connectivity index (χ3n) is 5.67. The van der Waals surface area contributed by atoms with Gasteiger partial charge in [-0.3, -0.25) is 18.7 Å². The van der Waals surface area contributed by atoms with Crippen LogP contribution in [0.25, 0.3) is 11.2 Å². The van der Waals surface area contributed by atoms with Gasteiger partial charge in [0.25, 0.3) is 5.56 Å². The Morgan fingerprint density at radius 3 is 2.55 bits per heavy atom. The Balaban J connectivity index is 1.77. The molecular formula is C21H27N7O3. The molecule has 0 bridgehead atoms. The Hall–Kier alpha value is -3.40. The number of hydrogen-bond donors (Lipinski definition) is 1. The summed E-state index contributed by atoms with van der Waals surface area (Å²) in [6, 6.07) is 9.30. The van der Waals surface area contributed by atoms with Crippen molar-refractivity contribution in [3.05, 3.63) is 56.7 Å². The summed E-state index contributed by atoms with van der Waals surface area (Å²) in [4.78, 5) is 46.8. The van der Waals surface area contributed by atoms with Gasteiger partial charge in [0.15, 0.2) is 11.2 Å². The van der Waals surface area contributed by atoms with Crippen LogP contribution in [0.15, 0.2) is 39.9 Å². The molecule has 1 aliphatic rings. The SMILES string of the molecule is CN(C)CCNC(=O)C1Cn2c(nc3c2c(=O)n(C)c(=O)n3C)N1Cc1ccccc1. The number of rotatable bonds is 6. The van der Waals surface area contributed by atoms with Gasteiger partial charge in [0.2, 0.25) is 11.9 Å². The number of hydrogen-bond acceptors (Lipinski definition) is 6. The summed E-state index contributed by atoms with van der Waals surface area (Å²) in [6.45, 7) is 2.01. The average Bonchev–Trinajstić information content (AvgIpc) is 3.28. The van der Waals surface area contributed by atoms with Gasteiger partial charge in [0.05, 0.1) is 6.54 Å². The Labute approximate surface area is 179 Å². The lowest BCUT2D eigenvalue weighted by atomic mass is 10.2. The Kier molecular flexibility index (Phi) is 5.40. The van der Waals surface area contributed by atoms with Crippen molar-refractivity contribution in [2.24, 2.45) is 14.1 Å². The highest BCUT2D eigenvalue weighted by Gasteiger charge is 2.38. The van der Waals surface area contributed by atoms with E-state index in [-0.39, 0.29) is 5.91 Å². The van der Waals surface area contributed by atoms with Gasteiger partial charge in [-0.05, 0) is 19.7 Å². The summed E-state index contributed by atoms with van der Waals surface area (Å²) >= 11 is 0. The standard InChI is InChI=1S/C21H27N7O3/c1-24(2)11-10-22-18(29)15-13-28-16-17(25(3)21(31)26(4)19(16)30)23-20(28)27(15)12-14-8-6-5-7-9-14/h5-9,15H,10-13H2,1-4H3,(H,22,29). The second-order valence-electron chi connectivity index (χ2n) is 8.12. The lowest BCUT2D eigenvalue weighted by Crippen LogP contribution is -2.47. The normalized spacial score (nSPS) is 15.6. The van der Waals surface area contributed by atoms with Gasteiger partial charge in [0.1, 0.15) is 6.04 Å². The summed E-state index contributed by atoms with van der Waals surface area (Å²) in [7, 11) is 6.95. The number of carbonyl (C=O) groups is 1. The maximum absolute atomic E-state index is 13.1. The Morgan fingerprint density at radius 1 is 1.16 bits per heavy atom. The number of aryl methyl sites for hydroxylation is 1. The Bertz CT molecular complexity index is 1240. The van der Waals surface area contributed by atoms with E-state index in [2.05, 4.69) is 10.3 Å². The van der Waals surface area contributed by atoms with Crippen molar-refractivity contribution in [2.75, 3.05) is 32.1 Å². The number of carbonyl (C=O) groups excluding carboxylic acids is 1. The van der Waals surface area contributed by atoms with Gasteiger partial charge in [-0.15, -0.1) is 0 Å². The lowest BCUT2D eigenvalue weighted by molar-refractivity contribution is -0.122. The Morgan fingerprint density at radius 2 is 1.87 bits per heavy atom. The predicted molar refractivity (Wildman–Crippen MR) is 118 cm³/mol. The van der Waals surface area contributed by atoms with Gasteiger partial charge in [0, 0.05) is 33.7 Å². The van der Waals surface area contributed by atoms with Crippen LogP contribution in [0.1, 0.15) is 5.56 Å². The molecule has 10 heteroatoms. The fourth-order valence-corrected chi connectivity index (χ4v) is 3.94. The van der Waals surface area contributed by atoms with E-state index in [1.165, 1.54) is 11.6 Å². The van der Waals surface area contributed by atoms with Crippen molar-refractivity contribution in [1.29, 1.82) is 0 Å². The van der Waals surface area contributed by atoms with Crippen LogP contribution in [0.5, 0.6) is 0 Å². The zero-order chi connectivity index (χ0) is 22.3. The molecule has 1 N–H and O–H groups in total. The second-order valence-corrected chi connectivity index (χ2v) is 8.12. The van der Waals surface area contributed by atoms with Crippen molar-refractivity contribution < 1.29 is 4.79 Å². The van der Waals surface area contributed by atoms with Crippen molar-refractivity contribution in [2.45, 2.75) is 19.1 Å². The molecular weight excluding hydrogens is 398 g/mol. The number of anilines is 1. The summed E-state index contributed by atoms with van der Waals surface area (Å²) in [5, 5.41) is 2.99. The molecule has 0 spiro atoms. The van der Waals surface area contributed by atoms with E-state index in [9.17, 15) is 14.4 Å². The number of nitrogens with one attached hydrogen (secondary N) is 1. The van der Waals surface area contributed by atoms with Crippen LogP contribution in [0, 0.1) is 0 Å². The molecule has 1 aromatic carbocycles. The van der Waals surface area contributed by atoms with Gasteiger partial charge in [-0.2, -0.15) is 4.98 Å². The predicted octanol–water partition coefficient (Wildman–Crippen LogP) is -0.500. The highest BCUT2D eigenvalue weighted by molar-refractivity contribution is 5.87. The number of nitrogens with zero attached hydrogens (tertiary/aromatic N) is 6. The number of benzene rings is 1. The monoisotopic (exact) mass is 425 g/mol. The molecule has 0 saturated carbocycles. The minimum atomic E-state index is -0.504. The highest BCUT2D eigenvalue weighted by Crippen LogP contribution is 2.30. The van der Waals surface area contributed by atoms with Crippen LogP contribution in [0.4, 0.5) is 5.95 Å². The zero-order valence-corrected chi connectivity index (χ0v) is 18.2. The van der Waals surface area contributed by atoms with Crippen LogP contribution >= 0.6 is 0 Å². The molecule has 0 aliphatic carbocycles. The zero-order valence-electron chi connectivity index (χ0n) is 18.2. The first kappa shape index (κ1) is 20.9. The molecule has 0 saturated heterocycles. The van der Waals surface area contributed by atoms with Crippen molar-refractivity contribution in [3.63, 3.8) is 0 Å². The van der Waals surface area contributed by atoms with Crippen molar-refractivity contribution in [1.82, 2.24) is 28.9 Å². The minimum Gasteiger partial charge on any atom is -0.353 e. The van der Waals surface area contributed by atoms with Crippen LogP contribution in [0.3, 0.4) is 0 Å². The number of fused-ring (bicyclic) bond motifs is 3. The molecule has 1 aliphatic heterocycles. The van der Waals surface area contributed by atoms with Crippen molar-refractivity contribution >= 4 is 23.0 Å². The van der Waals surface area contributed by atoms with E-state index < -0.39 is 17.3 Å². The van der Waals surface area contributed by atoms with Gasteiger partial charge in [-0.1, -0.05) is 30.3 Å². The van der Waals surface area contributed by atoms with E-state index >= 15 is 0 Å². The van der Waals surface area contributed by atoms with E-state index in [1.54, 1.807) is 11.6 Å². The number of aromatic nitrogens is 4. The third-order valence-corrected chi connectivity index (χ3v) is 5.67. The lowest BCUT2D eigenvalue weighted by Gasteiger charge is -2.24. The van der Waals surface area contributed by atoms with Crippen LogP contribution < -0.4 is 21.5 Å². The molecule has 1 unspecified atom stereocenters. The molecule has 164 valence electrons. The maximum atomic E-state index is 13.1. The van der Waals surface area contributed by atoms with Gasteiger partial charge >= 0.3 is 5.69 Å². The molecule has 3 aromatic rings. The van der Waals surface area contributed by atoms with Gasteiger partial charge < -0.3 is 19.7 Å². The van der Waals surface area contributed by atoms with Crippen LogP contribution in [0.2, 0.25) is 0 Å². The fraction of sp³-hybridized carbons (Fsp3) is 0.429. The van der Waals surface area contributed by atoms with E-state index in [1.807, 2.05) is 54.2 Å². The summed E-state index contributed by atoms with van der Waals surface area (Å²) < 4.78 is 4.20. The number of imidazole rings is 1. The first-order valence-corrected chi connectivity index (χ1v) is 10.2. The quantitative estimate of drug-likeness (QED) is 0.572. The molecule has 0 fully saturated rings. The number of amides is 1. The molecule has 0 radical (unpaired) electrons. The number of likely N-dealkylation sites (N-methyl/N-ethyl adjacent to an activating group) is 1. The van der Waals surface area contributed by atoms with E-state index in [4.69, 9.17) is 0 Å². The molecule has 31 heavy (non-hydrogen) atoms. The summed E-state index contributed by atoms with van der Waals surface area (Å²) in [5.41, 5.74) is 0.844. The van der Waals surface area contributed by atoms with Crippen molar-refractivity contribution in [3.8, 4) is 0 Å². The fourth-order valence-electron chi connectivity index (χ4n) is 3.94. The maximum Gasteiger partial charge on any atom is 0.332 e. The second kappa shape index (κ2) is 8.03. The third kappa shape index (κ3) is 3.63. The molecule has 3 heterocycles. The van der Waals surface area contributed by atoms with Crippen LogP contribution in [-0.2, 0) is 32.0 Å². The molecule has 1 atom stereocenters. The topological polar surface area (TPSA) is 97.4 Å². The largest absolute Gasteiger partial charge is 0.353 e. The van der Waals surface area contributed by atoms with E-state index in [0.717, 1.165) is 16.7 Å². The van der Waals surface area contributed by atoms with Crippen LogP contribution in [-0.4, -0.2) is 62.7 Å². The first-order valence-electron chi connectivity index (χ1n) is 10.2. The summed E-state index contributed by atoms with van der Waals surface area (Å²) in [5.74, 6) is 0.406.